The number of hydrogen-bond acceptors (Lipinski definition) is 6. The first-order valence-electron chi connectivity index (χ1n) is 9.16. The van der Waals surface area contributed by atoms with Gasteiger partial charge in [0.1, 0.15) is 17.2 Å². The zero-order chi connectivity index (χ0) is 16.6. The van der Waals surface area contributed by atoms with Gasteiger partial charge < -0.3 is 9.47 Å². The summed E-state index contributed by atoms with van der Waals surface area (Å²) >= 11 is 0. The van der Waals surface area contributed by atoms with Crippen LogP contribution in [0, 0.1) is 0 Å². The van der Waals surface area contributed by atoms with Gasteiger partial charge in [0.05, 0.1) is 6.04 Å². The highest BCUT2D eigenvalue weighted by Crippen LogP contribution is 2.35. The molecule has 2 aliphatic rings. The lowest BCUT2D eigenvalue weighted by molar-refractivity contribution is 0.558. The van der Waals surface area contributed by atoms with Crippen molar-refractivity contribution in [3.05, 3.63) is 36.2 Å². The van der Waals surface area contributed by atoms with Gasteiger partial charge in [-0.05, 0) is 37.8 Å². The largest absolute Gasteiger partial charge is 0.346 e. The van der Waals surface area contributed by atoms with Crippen LogP contribution in [0.15, 0.2) is 24.5 Å². The van der Waals surface area contributed by atoms with E-state index >= 15 is 0 Å². The second-order valence-corrected chi connectivity index (χ2v) is 6.86. The van der Waals surface area contributed by atoms with Crippen molar-refractivity contribution in [2.45, 2.75) is 51.1 Å². The molecule has 5 heterocycles. The van der Waals surface area contributed by atoms with Crippen molar-refractivity contribution in [3.8, 4) is 0 Å². The Balaban J connectivity index is 1.52. The highest BCUT2D eigenvalue weighted by atomic mass is 15.3. The fraction of sp³-hybridized carbons (Fsp3) is 0.500. The van der Waals surface area contributed by atoms with Crippen molar-refractivity contribution in [2.24, 2.45) is 0 Å². The minimum atomic E-state index is 0.251. The molecule has 0 spiro atoms. The molecule has 7 nitrogen and oxygen atoms in total. The maximum atomic E-state index is 4.74. The molecule has 3 aromatic heterocycles. The molecule has 0 saturated carbocycles. The second-order valence-electron chi connectivity index (χ2n) is 6.86. The van der Waals surface area contributed by atoms with Crippen LogP contribution in [0.4, 0.5) is 5.82 Å². The molecule has 0 unspecified atom stereocenters. The van der Waals surface area contributed by atoms with E-state index in [-0.39, 0.29) is 6.04 Å². The highest BCUT2D eigenvalue weighted by molar-refractivity contribution is 5.71. The monoisotopic (exact) mass is 335 g/mol. The third kappa shape index (κ3) is 2.54. The third-order valence-corrected chi connectivity index (χ3v) is 5.30. The first-order valence-corrected chi connectivity index (χ1v) is 9.16. The van der Waals surface area contributed by atoms with Crippen LogP contribution >= 0.6 is 0 Å². The Kier molecular flexibility index (Phi) is 3.57. The Morgan fingerprint density at radius 1 is 0.920 bits per heavy atom. The van der Waals surface area contributed by atoms with E-state index in [2.05, 4.69) is 35.7 Å². The van der Waals surface area contributed by atoms with Gasteiger partial charge in [-0.15, -0.1) is 10.2 Å². The molecule has 1 fully saturated rings. The molecule has 7 heteroatoms. The minimum absolute atomic E-state index is 0.251. The molecule has 0 radical (unpaired) electrons. The Morgan fingerprint density at radius 3 is 2.88 bits per heavy atom. The lowest BCUT2D eigenvalue weighted by Crippen LogP contribution is -2.26. The molecule has 1 saturated heterocycles. The van der Waals surface area contributed by atoms with E-state index in [1.165, 1.54) is 19.3 Å². The predicted octanol–water partition coefficient (Wildman–Crippen LogP) is 2.68. The van der Waals surface area contributed by atoms with Gasteiger partial charge in [0.15, 0.2) is 11.5 Å². The fourth-order valence-corrected chi connectivity index (χ4v) is 4.07. The van der Waals surface area contributed by atoms with E-state index in [0.29, 0.717) is 5.65 Å². The first-order chi connectivity index (χ1) is 12.4. The van der Waals surface area contributed by atoms with E-state index in [1.807, 2.05) is 6.07 Å². The van der Waals surface area contributed by atoms with Gasteiger partial charge in [0.2, 0.25) is 0 Å². The van der Waals surface area contributed by atoms with Crippen molar-refractivity contribution in [1.82, 2.24) is 29.7 Å². The average Bonchev–Trinajstić information content (AvgIpc) is 3.22. The number of aromatic nitrogens is 6. The number of hydrogen-bond donors (Lipinski definition) is 0. The van der Waals surface area contributed by atoms with E-state index in [1.54, 1.807) is 12.4 Å². The standard InChI is InChI=1S/C18H21N7/c1-2-6-16-22-23-18(25(16)11-3-1)14-5-4-12-24(14)15-8-7-13-17(21-15)20-10-9-19-13/h7-10,14H,1-6,11-12H2/t14-/m1/s1. The third-order valence-electron chi connectivity index (χ3n) is 5.30. The molecule has 1 atom stereocenters. The van der Waals surface area contributed by atoms with Gasteiger partial charge in [-0.25, -0.2) is 9.97 Å². The van der Waals surface area contributed by atoms with Gasteiger partial charge in [0, 0.05) is 31.9 Å². The van der Waals surface area contributed by atoms with Gasteiger partial charge in [-0.3, -0.25) is 4.98 Å². The molecule has 0 aromatic carbocycles. The van der Waals surface area contributed by atoms with Crippen LogP contribution in [-0.2, 0) is 13.0 Å². The number of nitrogens with zero attached hydrogens (tertiary/aromatic N) is 7. The highest BCUT2D eigenvalue weighted by Gasteiger charge is 2.32. The molecule has 5 rings (SSSR count). The van der Waals surface area contributed by atoms with Crippen LogP contribution in [0.5, 0.6) is 0 Å². The van der Waals surface area contributed by atoms with Crippen molar-refractivity contribution in [2.75, 3.05) is 11.4 Å². The molecule has 128 valence electrons. The minimum Gasteiger partial charge on any atom is -0.346 e. The topological polar surface area (TPSA) is 72.6 Å². The quantitative estimate of drug-likeness (QED) is 0.717. The zero-order valence-electron chi connectivity index (χ0n) is 14.2. The number of rotatable bonds is 2. The zero-order valence-corrected chi connectivity index (χ0v) is 14.2. The molecular weight excluding hydrogens is 314 g/mol. The van der Waals surface area contributed by atoms with E-state index in [4.69, 9.17) is 4.98 Å². The van der Waals surface area contributed by atoms with Gasteiger partial charge in [0.25, 0.3) is 0 Å². The smallest absolute Gasteiger partial charge is 0.180 e. The second kappa shape index (κ2) is 6.06. The van der Waals surface area contributed by atoms with Gasteiger partial charge >= 0.3 is 0 Å². The predicted molar refractivity (Wildman–Crippen MR) is 94.2 cm³/mol. The maximum Gasteiger partial charge on any atom is 0.180 e. The van der Waals surface area contributed by atoms with Crippen LogP contribution in [0.2, 0.25) is 0 Å². The van der Waals surface area contributed by atoms with Gasteiger partial charge in [-0.2, -0.15) is 0 Å². The summed E-state index contributed by atoms with van der Waals surface area (Å²) < 4.78 is 2.36. The van der Waals surface area contributed by atoms with Crippen LogP contribution in [0.25, 0.3) is 11.2 Å². The Bertz CT molecular complexity index is 903. The van der Waals surface area contributed by atoms with Crippen molar-refractivity contribution in [1.29, 1.82) is 0 Å². The fourth-order valence-electron chi connectivity index (χ4n) is 4.07. The van der Waals surface area contributed by atoms with Crippen molar-refractivity contribution < 1.29 is 0 Å². The van der Waals surface area contributed by atoms with E-state index < -0.39 is 0 Å². The van der Waals surface area contributed by atoms with Crippen molar-refractivity contribution in [3.63, 3.8) is 0 Å². The number of aryl methyl sites for hydroxylation is 1. The summed E-state index contributed by atoms with van der Waals surface area (Å²) in [5, 5.41) is 9.06. The normalized spacial score (nSPS) is 20.6. The summed E-state index contributed by atoms with van der Waals surface area (Å²) in [5.41, 5.74) is 1.53. The van der Waals surface area contributed by atoms with Crippen LogP contribution in [-0.4, -0.2) is 36.3 Å². The Labute approximate surface area is 146 Å². The molecule has 0 amide bonds. The molecule has 0 bridgehead atoms. The summed E-state index contributed by atoms with van der Waals surface area (Å²) in [7, 11) is 0. The Hall–Kier alpha value is -2.57. The molecule has 0 aliphatic carbocycles. The van der Waals surface area contributed by atoms with Gasteiger partial charge in [-0.1, -0.05) is 6.42 Å². The molecular formula is C18H21N7. The molecule has 25 heavy (non-hydrogen) atoms. The summed E-state index contributed by atoms with van der Waals surface area (Å²) in [6.45, 7) is 2.03. The van der Waals surface area contributed by atoms with E-state index in [0.717, 1.165) is 55.3 Å². The number of anilines is 1. The maximum absolute atomic E-state index is 4.74. The molecule has 3 aromatic rings. The molecule has 0 N–H and O–H groups in total. The summed E-state index contributed by atoms with van der Waals surface area (Å²) in [4.78, 5) is 15.8. The lowest BCUT2D eigenvalue weighted by atomic mass is 10.2. The average molecular weight is 335 g/mol. The Morgan fingerprint density at radius 2 is 1.88 bits per heavy atom. The first kappa shape index (κ1) is 14.7. The van der Waals surface area contributed by atoms with Crippen molar-refractivity contribution >= 4 is 17.0 Å². The van der Waals surface area contributed by atoms with Crippen LogP contribution in [0.3, 0.4) is 0 Å². The number of pyridine rings is 1. The van der Waals surface area contributed by atoms with Crippen LogP contribution in [0.1, 0.15) is 49.8 Å². The summed E-state index contributed by atoms with van der Waals surface area (Å²) in [6.07, 6.45) is 10.4. The summed E-state index contributed by atoms with van der Waals surface area (Å²) in [5.74, 6) is 3.22. The SMILES string of the molecule is c1cnc2nc(N3CCC[C@@H]3c3nnc4n3CCCCC4)ccc2n1. The number of fused-ring (bicyclic) bond motifs is 2. The molecule has 2 aliphatic heterocycles. The summed E-state index contributed by atoms with van der Waals surface area (Å²) in [6, 6.07) is 4.31. The van der Waals surface area contributed by atoms with Crippen LogP contribution < -0.4 is 4.90 Å². The van der Waals surface area contributed by atoms with E-state index in [9.17, 15) is 0 Å². The lowest BCUT2D eigenvalue weighted by Gasteiger charge is -2.25.